The lowest BCUT2D eigenvalue weighted by molar-refractivity contribution is -0.118. The highest BCUT2D eigenvalue weighted by molar-refractivity contribution is 9.10. The zero-order chi connectivity index (χ0) is 18.6. The molecule has 0 unspecified atom stereocenters. The van der Waals surface area contributed by atoms with Crippen molar-refractivity contribution in [1.29, 1.82) is 0 Å². The van der Waals surface area contributed by atoms with Gasteiger partial charge in [0, 0.05) is 10.0 Å². The Labute approximate surface area is 165 Å². The summed E-state index contributed by atoms with van der Waals surface area (Å²) < 4.78 is 11.3. The molecule has 2 aromatic carbocycles. The molecule has 3 aromatic rings. The minimum atomic E-state index is -0.326. The number of carbonyl (C=O) groups excluding carboxylic acids is 1. The van der Waals surface area contributed by atoms with Gasteiger partial charge in [-0.15, -0.1) is 0 Å². The smallest absolute Gasteiger partial charge is 0.263 e. The summed E-state index contributed by atoms with van der Waals surface area (Å²) in [5.41, 5.74) is 4.13. The van der Waals surface area contributed by atoms with Crippen molar-refractivity contribution in [3.63, 3.8) is 0 Å². The monoisotopic (exact) mass is 427 g/mol. The predicted molar refractivity (Wildman–Crippen MR) is 105 cm³/mol. The van der Waals surface area contributed by atoms with E-state index in [2.05, 4.69) is 43.7 Å². The molecular formula is C20H18BrN3O3. The third-order valence-electron chi connectivity index (χ3n) is 4.55. The molecule has 1 aromatic heterocycles. The molecule has 1 aliphatic carbocycles. The summed E-state index contributed by atoms with van der Waals surface area (Å²) in [6.45, 7) is -0.127. The number of halogens is 1. The van der Waals surface area contributed by atoms with Crippen LogP contribution in [0.15, 0.2) is 51.6 Å². The van der Waals surface area contributed by atoms with E-state index >= 15 is 0 Å². The molecule has 1 N–H and O–H groups in total. The number of rotatable bonds is 5. The maximum Gasteiger partial charge on any atom is 0.263 e. The number of aryl methyl sites for hydroxylation is 2. The predicted octanol–water partition coefficient (Wildman–Crippen LogP) is 4.40. The van der Waals surface area contributed by atoms with Gasteiger partial charge >= 0.3 is 0 Å². The molecule has 0 atom stereocenters. The molecule has 0 fully saturated rings. The number of nitrogens with one attached hydrogen (secondary N) is 1. The molecule has 0 saturated carbocycles. The second kappa shape index (κ2) is 7.92. The van der Waals surface area contributed by atoms with E-state index in [1.807, 2.05) is 18.2 Å². The molecule has 27 heavy (non-hydrogen) atoms. The van der Waals surface area contributed by atoms with E-state index in [-0.39, 0.29) is 12.5 Å². The number of hydrogen-bond acceptors (Lipinski definition) is 5. The summed E-state index contributed by atoms with van der Waals surface area (Å²) in [7, 11) is 0. The van der Waals surface area contributed by atoms with E-state index in [0.717, 1.165) is 22.9 Å². The van der Waals surface area contributed by atoms with Crippen LogP contribution in [0.2, 0.25) is 0 Å². The van der Waals surface area contributed by atoms with Crippen molar-refractivity contribution in [2.75, 3.05) is 11.9 Å². The van der Waals surface area contributed by atoms with E-state index in [4.69, 9.17) is 9.37 Å². The van der Waals surface area contributed by atoms with E-state index in [1.54, 1.807) is 12.1 Å². The molecule has 1 heterocycles. The fourth-order valence-corrected chi connectivity index (χ4v) is 3.45. The van der Waals surface area contributed by atoms with Crippen LogP contribution in [0.3, 0.4) is 0 Å². The first-order valence-corrected chi connectivity index (χ1v) is 9.61. The van der Waals surface area contributed by atoms with Crippen LogP contribution in [0.25, 0.3) is 11.3 Å². The second-order valence-electron chi connectivity index (χ2n) is 6.44. The van der Waals surface area contributed by atoms with Crippen molar-refractivity contribution in [3.05, 3.63) is 58.1 Å². The summed E-state index contributed by atoms with van der Waals surface area (Å²) in [6, 6.07) is 13.5. The van der Waals surface area contributed by atoms with Crippen molar-refractivity contribution in [1.82, 2.24) is 10.3 Å². The average molecular weight is 428 g/mol. The molecule has 6 nitrogen and oxygen atoms in total. The van der Waals surface area contributed by atoms with Crippen LogP contribution in [0.1, 0.15) is 24.0 Å². The Kier molecular flexibility index (Phi) is 5.20. The van der Waals surface area contributed by atoms with Crippen molar-refractivity contribution in [3.8, 4) is 17.0 Å². The maximum absolute atomic E-state index is 12.2. The summed E-state index contributed by atoms with van der Waals surface area (Å²) >= 11 is 3.36. The Hall–Kier alpha value is -2.67. The highest BCUT2D eigenvalue weighted by Gasteiger charge is 2.18. The van der Waals surface area contributed by atoms with Gasteiger partial charge in [-0.1, -0.05) is 28.1 Å². The number of fused-ring (bicyclic) bond motifs is 1. The van der Waals surface area contributed by atoms with Crippen LogP contribution >= 0.6 is 15.9 Å². The number of hydrogen-bond donors (Lipinski definition) is 1. The summed E-state index contributed by atoms with van der Waals surface area (Å²) in [4.78, 5) is 12.2. The van der Waals surface area contributed by atoms with Crippen molar-refractivity contribution < 1.29 is 14.2 Å². The highest BCUT2D eigenvalue weighted by atomic mass is 79.9. The summed E-state index contributed by atoms with van der Waals surface area (Å²) in [5.74, 6) is 0.588. The van der Waals surface area contributed by atoms with Gasteiger partial charge < -0.3 is 10.1 Å². The number of aromatic nitrogens is 2. The largest absolute Gasteiger partial charge is 0.484 e. The number of benzene rings is 2. The van der Waals surface area contributed by atoms with Crippen LogP contribution in [0.5, 0.6) is 5.75 Å². The van der Waals surface area contributed by atoms with Crippen LogP contribution < -0.4 is 10.1 Å². The molecule has 0 bridgehead atoms. The molecule has 4 rings (SSSR count). The van der Waals surface area contributed by atoms with Crippen molar-refractivity contribution in [2.45, 2.75) is 25.7 Å². The molecule has 0 aliphatic heterocycles. The lowest BCUT2D eigenvalue weighted by Crippen LogP contribution is -2.20. The topological polar surface area (TPSA) is 77.2 Å². The minimum Gasteiger partial charge on any atom is -0.484 e. The standard InChI is InChI=1S/C20H18BrN3O3/c21-16-7-9-17(10-8-16)26-12-18(25)22-20-19(23-27-24-20)15-6-5-13-3-1-2-4-14(13)11-15/h5-11H,1-4,12H2,(H,22,24,25). The number of amides is 1. The number of carbonyl (C=O) groups is 1. The van der Waals surface area contributed by atoms with Gasteiger partial charge in [-0.25, -0.2) is 4.63 Å². The summed E-state index contributed by atoms with van der Waals surface area (Å²) in [6.07, 6.45) is 4.61. The molecular weight excluding hydrogens is 410 g/mol. The Bertz CT molecular complexity index is 953. The van der Waals surface area contributed by atoms with E-state index in [9.17, 15) is 4.79 Å². The number of nitrogens with zero attached hydrogens (tertiary/aromatic N) is 2. The molecule has 1 aliphatic rings. The van der Waals surface area contributed by atoms with Gasteiger partial charge in [0.2, 0.25) is 5.82 Å². The SMILES string of the molecule is O=C(COc1ccc(Br)cc1)Nc1nonc1-c1ccc2c(c1)CCCC2. The molecule has 0 spiro atoms. The Morgan fingerprint density at radius 3 is 2.67 bits per heavy atom. The van der Waals surface area contributed by atoms with E-state index in [0.29, 0.717) is 17.3 Å². The van der Waals surface area contributed by atoms with Gasteiger partial charge in [0.15, 0.2) is 12.3 Å². The third kappa shape index (κ3) is 4.19. The number of ether oxygens (including phenoxy) is 1. The van der Waals surface area contributed by atoms with Gasteiger partial charge in [0.05, 0.1) is 0 Å². The zero-order valence-electron chi connectivity index (χ0n) is 14.6. The average Bonchev–Trinajstić information content (AvgIpc) is 3.15. The van der Waals surface area contributed by atoms with Crippen molar-refractivity contribution >= 4 is 27.7 Å². The fraction of sp³-hybridized carbons (Fsp3) is 0.250. The minimum absolute atomic E-state index is 0.127. The quantitative estimate of drug-likeness (QED) is 0.652. The third-order valence-corrected chi connectivity index (χ3v) is 5.08. The summed E-state index contributed by atoms with van der Waals surface area (Å²) in [5, 5.41) is 10.5. The van der Waals surface area contributed by atoms with Crippen LogP contribution in [-0.4, -0.2) is 22.8 Å². The fourth-order valence-electron chi connectivity index (χ4n) is 3.19. The van der Waals surface area contributed by atoms with Crippen LogP contribution in [-0.2, 0) is 17.6 Å². The molecule has 0 radical (unpaired) electrons. The Balaban J connectivity index is 1.44. The Morgan fingerprint density at radius 1 is 1.07 bits per heavy atom. The first-order chi connectivity index (χ1) is 13.2. The van der Waals surface area contributed by atoms with Crippen LogP contribution in [0, 0.1) is 0 Å². The van der Waals surface area contributed by atoms with Crippen LogP contribution in [0.4, 0.5) is 5.82 Å². The van der Waals surface area contributed by atoms with E-state index in [1.165, 1.54) is 24.0 Å². The number of anilines is 1. The molecule has 0 saturated heterocycles. The maximum atomic E-state index is 12.2. The van der Waals surface area contributed by atoms with Gasteiger partial charge in [-0.2, -0.15) is 0 Å². The van der Waals surface area contributed by atoms with E-state index < -0.39 is 0 Å². The lowest BCUT2D eigenvalue weighted by Gasteiger charge is -2.16. The lowest BCUT2D eigenvalue weighted by atomic mass is 9.90. The molecule has 1 amide bonds. The molecule has 7 heteroatoms. The highest BCUT2D eigenvalue weighted by Crippen LogP contribution is 2.29. The van der Waals surface area contributed by atoms with Gasteiger partial charge in [-0.3, -0.25) is 4.79 Å². The van der Waals surface area contributed by atoms with Gasteiger partial charge in [0.1, 0.15) is 5.75 Å². The second-order valence-corrected chi connectivity index (χ2v) is 7.36. The van der Waals surface area contributed by atoms with Gasteiger partial charge in [-0.05, 0) is 77.5 Å². The first kappa shape index (κ1) is 17.7. The zero-order valence-corrected chi connectivity index (χ0v) is 16.2. The normalized spacial score (nSPS) is 13.1. The molecule has 138 valence electrons. The first-order valence-electron chi connectivity index (χ1n) is 8.82. The Morgan fingerprint density at radius 2 is 1.85 bits per heavy atom. The van der Waals surface area contributed by atoms with Gasteiger partial charge in [0.25, 0.3) is 5.91 Å². The van der Waals surface area contributed by atoms with Crippen molar-refractivity contribution in [2.24, 2.45) is 0 Å².